The Morgan fingerprint density at radius 3 is 2.69 bits per heavy atom. The van der Waals surface area contributed by atoms with E-state index in [9.17, 15) is 0 Å². The van der Waals surface area contributed by atoms with E-state index in [0.717, 1.165) is 12.1 Å². The molecular formula is C10H13Cl2N. The maximum atomic E-state index is 6.06. The van der Waals surface area contributed by atoms with Crippen LogP contribution in [0.15, 0.2) is 18.2 Å². The van der Waals surface area contributed by atoms with Gasteiger partial charge in [0.2, 0.25) is 0 Å². The SMILES string of the molecule is CNCC(C)c1cccc(Cl)c1Cl. The molecule has 0 fully saturated rings. The molecule has 1 atom stereocenters. The van der Waals surface area contributed by atoms with Gasteiger partial charge in [-0.3, -0.25) is 0 Å². The van der Waals surface area contributed by atoms with Crippen LogP contribution in [0.4, 0.5) is 0 Å². The van der Waals surface area contributed by atoms with Crippen molar-refractivity contribution in [2.75, 3.05) is 13.6 Å². The van der Waals surface area contributed by atoms with Crippen LogP contribution in [0.25, 0.3) is 0 Å². The fourth-order valence-corrected chi connectivity index (χ4v) is 1.81. The number of likely N-dealkylation sites (N-methyl/N-ethyl adjacent to an activating group) is 1. The lowest BCUT2D eigenvalue weighted by atomic mass is 10.0. The summed E-state index contributed by atoms with van der Waals surface area (Å²) in [5, 5.41) is 4.41. The summed E-state index contributed by atoms with van der Waals surface area (Å²) in [7, 11) is 1.93. The average molecular weight is 218 g/mol. The average Bonchev–Trinajstić information content (AvgIpc) is 2.10. The van der Waals surface area contributed by atoms with Gasteiger partial charge in [0, 0.05) is 6.54 Å². The van der Waals surface area contributed by atoms with Crippen LogP contribution in [0.5, 0.6) is 0 Å². The van der Waals surface area contributed by atoms with Crippen LogP contribution in [0, 0.1) is 0 Å². The summed E-state index contributed by atoms with van der Waals surface area (Å²) < 4.78 is 0. The first-order valence-electron chi connectivity index (χ1n) is 4.25. The highest BCUT2D eigenvalue weighted by Gasteiger charge is 2.10. The van der Waals surface area contributed by atoms with Crippen LogP contribution in [-0.4, -0.2) is 13.6 Å². The molecule has 13 heavy (non-hydrogen) atoms. The van der Waals surface area contributed by atoms with Gasteiger partial charge in [0.1, 0.15) is 0 Å². The zero-order valence-corrected chi connectivity index (χ0v) is 9.28. The Morgan fingerprint density at radius 1 is 1.38 bits per heavy atom. The Hall–Kier alpha value is -0.240. The normalized spacial score (nSPS) is 12.9. The second-order valence-corrected chi connectivity index (χ2v) is 3.89. The highest BCUT2D eigenvalue weighted by atomic mass is 35.5. The quantitative estimate of drug-likeness (QED) is 0.820. The largest absolute Gasteiger partial charge is 0.319 e. The van der Waals surface area contributed by atoms with E-state index in [1.165, 1.54) is 0 Å². The van der Waals surface area contributed by atoms with Crippen molar-refractivity contribution in [1.29, 1.82) is 0 Å². The smallest absolute Gasteiger partial charge is 0.0627 e. The maximum absolute atomic E-state index is 6.06. The second-order valence-electron chi connectivity index (χ2n) is 3.10. The van der Waals surface area contributed by atoms with Gasteiger partial charge >= 0.3 is 0 Å². The van der Waals surface area contributed by atoms with Gasteiger partial charge in [0.25, 0.3) is 0 Å². The summed E-state index contributed by atoms with van der Waals surface area (Å²) in [6.45, 7) is 3.02. The highest BCUT2D eigenvalue weighted by Crippen LogP contribution is 2.30. The van der Waals surface area contributed by atoms with Gasteiger partial charge in [-0.15, -0.1) is 0 Å². The van der Waals surface area contributed by atoms with E-state index in [2.05, 4.69) is 12.2 Å². The Bertz CT molecular complexity index is 286. The van der Waals surface area contributed by atoms with Crippen molar-refractivity contribution >= 4 is 23.2 Å². The molecule has 0 heterocycles. The van der Waals surface area contributed by atoms with Crippen molar-refractivity contribution in [3.63, 3.8) is 0 Å². The van der Waals surface area contributed by atoms with Crippen molar-refractivity contribution < 1.29 is 0 Å². The summed E-state index contributed by atoms with van der Waals surface area (Å²) in [5.74, 6) is 0.385. The van der Waals surface area contributed by atoms with Gasteiger partial charge in [0.15, 0.2) is 0 Å². The minimum absolute atomic E-state index is 0.385. The molecule has 0 radical (unpaired) electrons. The van der Waals surface area contributed by atoms with Gasteiger partial charge in [-0.25, -0.2) is 0 Å². The lowest BCUT2D eigenvalue weighted by Gasteiger charge is -2.13. The van der Waals surface area contributed by atoms with Crippen LogP contribution < -0.4 is 5.32 Å². The molecule has 1 N–H and O–H groups in total. The summed E-state index contributed by atoms with van der Waals surface area (Å²) >= 11 is 12.0. The molecule has 0 aromatic heterocycles. The van der Waals surface area contributed by atoms with Gasteiger partial charge in [-0.2, -0.15) is 0 Å². The van der Waals surface area contributed by atoms with Crippen molar-refractivity contribution in [2.24, 2.45) is 0 Å². The van der Waals surface area contributed by atoms with Crippen molar-refractivity contribution in [3.8, 4) is 0 Å². The number of hydrogen-bond acceptors (Lipinski definition) is 1. The summed E-state index contributed by atoms with van der Waals surface area (Å²) in [5.41, 5.74) is 1.10. The van der Waals surface area contributed by atoms with Crippen molar-refractivity contribution in [2.45, 2.75) is 12.8 Å². The van der Waals surface area contributed by atoms with Crippen LogP contribution in [0.2, 0.25) is 10.0 Å². The fourth-order valence-electron chi connectivity index (χ4n) is 1.32. The number of halogens is 2. The molecule has 0 bridgehead atoms. The molecule has 1 nitrogen and oxygen atoms in total. The van der Waals surface area contributed by atoms with Crippen molar-refractivity contribution in [1.82, 2.24) is 5.32 Å². The fraction of sp³-hybridized carbons (Fsp3) is 0.400. The third-order valence-corrected chi connectivity index (χ3v) is 2.86. The summed E-state index contributed by atoms with van der Waals surface area (Å²) in [6.07, 6.45) is 0. The number of hydrogen-bond donors (Lipinski definition) is 1. The third kappa shape index (κ3) is 2.60. The van der Waals surface area contributed by atoms with Crippen LogP contribution in [0.1, 0.15) is 18.4 Å². The van der Waals surface area contributed by atoms with Crippen LogP contribution in [-0.2, 0) is 0 Å². The van der Waals surface area contributed by atoms with E-state index in [-0.39, 0.29) is 0 Å². The Kier molecular flexibility index (Phi) is 4.04. The molecule has 0 aliphatic heterocycles. The molecule has 1 aromatic carbocycles. The molecule has 0 spiro atoms. The monoisotopic (exact) mass is 217 g/mol. The van der Waals surface area contributed by atoms with Crippen molar-refractivity contribution in [3.05, 3.63) is 33.8 Å². The molecule has 0 aliphatic carbocycles. The van der Waals surface area contributed by atoms with Crippen LogP contribution in [0.3, 0.4) is 0 Å². The molecule has 1 rings (SSSR count). The molecule has 0 aliphatic rings. The predicted molar refractivity (Wildman–Crippen MR) is 58.8 cm³/mol. The Morgan fingerprint density at radius 2 is 2.08 bits per heavy atom. The number of nitrogens with one attached hydrogen (secondary N) is 1. The zero-order valence-electron chi connectivity index (χ0n) is 7.77. The molecule has 1 unspecified atom stereocenters. The highest BCUT2D eigenvalue weighted by molar-refractivity contribution is 6.42. The molecule has 3 heteroatoms. The Labute approximate surface area is 89.0 Å². The predicted octanol–water partition coefficient (Wildman–Crippen LogP) is 3.32. The van der Waals surface area contributed by atoms with E-state index in [1.54, 1.807) is 6.07 Å². The van der Waals surface area contributed by atoms with Gasteiger partial charge < -0.3 is 5.32 Å². The zero-order chi connectivity index (χ0) is 9.84. The second kappa shape index (κ2) is 4.85. The third-order valence-electron chi connectivity index (χ3n) is 2.02. The minimum Gasteiger partial charge on any atom is -0.319 e. The van der Waals surface area contributed by atoms with E-state index in [1.807, 2.05) is 19.2 Å². The van der Waals surface area contributed by atoms with E-state index < -0.39 is 0 Å². The topological polar surface area (TPSA) is 12.0 Å². The Balaban J connectivity index is 2.93. The van der Waals surface area contributed by atoms with E-state index in [4.69, 9.17) is 23.2 Å². The lowest BCUT2D eigenvalue weighted by Crippen LogP contribution is -2.14. The molecular weight excluding hydrogens is 205 g/mol. The van der Waals surface area contributed by atoms with Gasteiger partial charge in [-0.05, 0) is 24.6 Å². The van der Waals surface area contributed by atoms with E-state index >= 15 is 0 Å². The minimum atomic E-state index is 0.385. The lowest BCUT2D eigenvalue weighted by molar-refractivity contribution is 0.678. The summed E-state index contributed by atoms with van der Waals surface area (Å²) in [6, 6.07) is 5.74. The molecule has 0 saturated heterocycles. The molecule has 1 aromatic rings. The van der Waals surface area contributed by atoms with Crippen LogP contribution >= 0.6 is 23.2 Å². The number of rotatable bonds is 3. The standard InChI is InChI=1S/C10H13Cl2N/c1-7(6-13-2)8-4-3-5-9(11)10(8)12/h3-5,7,13H,6H2,1-2H3. The van der Waals surface area contributed by atoms with Gasteiger partial charge in [-0.1, -0.05) is 42.3 Å². The van der Waals surface area contributed by atoms with Gasteiger partial charge in [0.05, 0.1) is 10.0 Å². The maximum Gasteiger partial charge on any atom is 0.0627 e. The summed E-state index contributed by atoms with van der Waals surface area (Å²) in [4.78, 5) is 0. The first-order chi connectivity index (χ1) is 6.16. The molecule has 0 saturated carbocycles. The van der Waals surface area contributed by atoms with E-state index in [0.29, 0.717) is 16.0 Å². The first kappa shape index (κ1) is 10.8. The number of benzene rings is 1. The molecule has 0 amide bonds. The molecule has 72 valence electrons. The first-order valence-corrected chi connectivity index (χ1v) is 5.01.